The quantitative estimate of drug-likeness (QED) is 0.217. The van der Waals surface area contributed by atoms with Crippen molar-refractivity contribution in [1.29, 1.82) is 0 Å². The predicted octanol–water partition coefficient (Wildman–Crippen LogP) is 8.50. The zero-order chi connectivity index (χ0) is 24.3. The monoisotopic (exact) mass is 490 g/mol. The summed E-state index contributed by atoms with van der Waals surface area (Å²) in [5.74, 6) is 1.84. The average Bonchev–Trinajstić information content (AvgIpc) is 3.43. The largest absolute Gasteiger partial charge is 0.489 e. The van der Waals surface area contributed by atoms with Gasteiger partial charge < -0.3 is 10.1 Å². The van der Waals surface area contributed by atoms with Crippen molar-refractivity contribution in [2.24, 2.45) is 10.9 Å². The molecule has 1 aliphatic carbocycles. The molecule has 1 heterocycles. The zero-order valence-electron chi connectivity index (χ0n) is 19.8. The third-order valence-electron chi connectivity index (χ3n) is 7.12. The van der Waals surface area contributed by atoms with Crippen molar-refractivity contribution < 1.29 is 4.74 Å². The number of para-hydroxylation sites is 1. The molecule has 1 N–H and O–H groups in total. The van der Waals surface area contributed by atoms with Crippen LogP contribution in [0.4, 0.5) is 11.4 Å². The van der Waals surface area contributed by atoms with E-state index in [4.69, 9.17) is 16.3 Å². The van der Waals surface area contributed by atoms with E-state index in [2.05, 4.69) is 71.0 Å². The molecule has 4 aromatic rings. The van der Waals surface area contributed by atoms with Gasteiger partial charge in [-0.1, -0.05) is 72.3 Å². The van der Waals surface area contributed by atoms with Gasteiger partial charge in [0.2, 0.25) is 0 Å². The van der Waals surface area contributed by atoms with E-state index in [1.54, 1.807) is 0 Å². The molecular formula is C32H27ClN2O. The van der Waals surface area contributed by atoms with E-state index in [9.17, 15) is 0 Å². The zero-order valence-corrected chi connectivity index (χ0v) is 20.6. The summed E-state index contributed by atoms with van der Waals surface area (Å²) in [6.07, 6.45) is 7.70. The molecular weight excluding hydrogens is 464 g/mol. The summed E-state index contributed by atoms with van der Waals surface area (Å²) < 4.78 is 5.87. The minimum absolute atomic E-state index is 0.302. The second-order valence-corrected chi connectivity index (χ2v) is 9.77. The Hall–Kier alpha value is -3.82. The van der Waals surface area contributed by atoms with E-state index in [1.165, 1.54) is 16.8 Å². The molecule has 3 atom stereocenters. The third-order valence-corrected chi connectivity index (χ3v) is 7.49. The summed E-state index contributed by atoms with van der Waals surface area (Å²) in [5, 5.41) is 4.51. The van der Waals surface area contributed by atoms with Crippen molar-refractivity contribution in [1.82, 2.24) is 0 Å². The number of hydrogen-bond donors (Lipinski definition) is 1. The first kappa shape index (κ1) is 22.6. The molecule has 0 aromatic heterocycles. The SMILES string of the molecule is Clc1ccccc1COc1ccc(C=Nc2ccc([C@@H]3Nc4ccccc4[C@H]4C=CC[C@H]43)cc2)cc1. The van der Waals surface area contributed by atoms with Gasteiger partial charge in [-0.3, -0.25) is 4.99 Å². The molecule has 4 aromatic carbocycles. The number of rotatable bonds is 6. The molecule has 0 fully saturated rings. The molecule has 0 spiro atoms. The molecule has 4 heteroatoms. The molecule has 0 saturated heterocycles. The molecule has 36 heavy (non-hydrogen) atoms. The van der Waals surface area contributed by atoms with Crippen molar-refractivity contribution in [3.05, 3.63) is 136 Å². The normalized spacial score (nSPS) is 20.1. The third kappa shape index (κ3) is 4.67. The molecule has 6 rings (SSSR count). The molecule has 0 saturated carbocycles. The van der Waals surface area contributed by atoms with E-state index in [-0.39, 0.29) is 0 Å². The fourth-order valence-electron chi connectivity index (χ4n) is 5.22. The van der Waals surface area contributed by atoms with Gasteiger partial charge in [0.15, 0.2) is 0 Å². The van der Waals surface area contributed by atoms with Crippen molar-refractivity contribution >= 4 is 29.2 Å². The van der Waals surface area contributed by atoms with E-state index in [1.807, 2.05) is 54.7 Å². The Morgan fingerprint density at radius 1 is 0.889 bits per heavy atom. The maximum absolute atomic E-state index is 6.21. The topological polar surface area (TPSA) is 33.6 Å². The van der Waals surface area contributed by atoms with E-state index >= 15 is 0 Å². The number of hydrogen-bond acceptors (Lipinski definition) is 3. The number of nitrogens with zero attached hydrogens (tertiary/aromatic N) is 1. The van der Waals surface area contributed by atoms with Crippen LogP contribution in [0.15, 0.2) is 114 Å². The molecule has 0 radical (unpaired) electrons. The first-order valence-electron chi connectivity index (χ1n) is 12.4. The van der Waals surface area contributed by atoms with Gasteiger partial charge in [0, 0.05) is 28.4 Å². The fraction of sp³-hybridized carbons (Fsp3) is 0.156. The molecule has 2 aliphatic rings. The van der Waals surface area contributed by atoms with E-state index < -0.39 is 0 Å². The van der Waals surface area contributed by atoms with Gasteiger partial charge in [0.1, 0.15) is 12.4 Å². The van der Waals surface area contributed by atoms with Crippen LogP contribution in [-0.2, 0) is 6.61 Å². The lowest BCUT2D eigenvalue weighted by atomic mass is 9.77. The van der Waals surface area contributed by atoms with Gasteiger partial charge in [-0.25, -0.2) is 0 Å². The number of nitrogens with one attached hydrogen (secondary N) is 1. The Kier molecular flexibility index (Phi) is 6.31. The summed E-state index contributed by atoms with van der Waals surface area (Å²) in [5.41, 5.74) is 6.90. The molecule has 178 valence electrons. The Balaban J connectivity index is 1.10. The van der Waals surface area contributed by atoms with Gasteiger partial charge in [0.05, 0.1) is 11.7 Å². The number of ether oxygens (including phenoxy) is 1. The van der Waals surface area contributed by atoms with Crippen LogP contribution in [0.3, 0.4) is 0 Å². The van der Waals surface area contributed by atoms with Crippen molar-refractivity contribution in [2.75, 3.05) is 5.32 Å². The Bertz CT molecular complexity index is 1410. The highest BCUT2D eigenvalue weighted by Gasteiger charge is 2.37. The number of fused-ring (bicyclic) bond motifs is 3. The van der Waals surface area contributed by atoms with Crippen molar-refractivity contribution in [3.63, 3.8) is 0 Å². The van der Waals surface area contributed by atoms with Gasteiger partial charge in [0.25, 0.3) is 0 Å². The van der Waals surface area contributed by atoms with Crippen LogP contribution in [0.1, 0.15) is 40.6 Å². The first-order chi connectivity index (χ1) is 17.7. The smallest absolute Gasteiger partial charge is 0.119 e. The van der Waals surface area contributed by atoms with Gasteiger partial charge in [-0.05, 0) is 77.6 Å². The second-order valence-electron chi connectivity index (χ2n) is 9.36. The highest BCUT2D eigenvalue weighted by molar-refractivity contribution is 6.31. The number of halogens is 1. The van der Waals surface area contributed by atoms with Crippen LogP contribution in [0, 0.1) is 5.92 Å². The minimum Gasteiger partial charge on any atom is -0.489 e. The van der Waals surface area contributed by atoms with Gasteiger partial charge in [-0.2, -0.15) is 0 Å². The molecule has 0 bridgehead atoms. The van der Waals surface area contributed by atoms with Gasteiger partial charge in [-0.15, -0.1) is 0 Å². The molecule has 0 amide bonds. The second kappa shape index (κ2) is 10.0. The lowest BCUT2D eigenvalue weighted by Gasteiger charge is -2.37. The van der Waals surface area contributed by atoms with Crippen molar-refractivity contribution in [3.8, 4) is 5.75 Å². The average molecular weight is 491 g/mol. The minimum atomic E-state index is 0.302. The van der Waals surface area contributed by atoms with Crippen LogP contribution < -0.4 is 10.1 Å². The highest BCUT2D eigenvalue weighted by Crippen LogP contribution is 2.49. The van der Waals surface area contributed by atoms with Crippen molar-refractivity contribution in [2.45, 2.75) is 25.0 Å². The van der Waals surface area contributed by atoms with Crippen LogP contribution >= 0.6 is 11.6 Å². The van der Waals surface area contributed by atoms with E-state index in [0.717, 1.165) is 34.0 Å². The summed E-state index contributed by atoms with van der Waals surface area (Å²) in [7, 11) is 0. The van der Waals surface area contributed by atoms with Crippen LogP contribution in [0.5, 0.6) is 5.75 Å². The van der Waals surface area contributed by atoms with Crippen LogP contribution in [0.2, 0.25) is 5.02 Å². The molecule has 1 aliphatic heterocycles. The van der Waals surface area contributed by atoms with Crippen LogP contribution in [0.25, 0.3) is 0 Å². The lowest BCUT2D eigenvalue weighted by Crippen LogP contribution is -2.28. The Labute approximate surface area is 217 Å². The predicted molar refractivity (Wildman–Crippen MR) is 149 cm³/mol. The summed E-state index contributed by atoms with van der Waals surface area (Å²) >= 11 is 6.21. The lowest BCUT2D eigenvalue weighted by molar-refractivity contribution is 0.306. The molecule has 3 nitrogen and oxygen atoms in total. The van der Waals surface area contributed by atoms with E-state index in [0.29, 0.717) is 24.5 Å². The van der Waals surface area contributed by atoms with Gasteiger partial charge >= 0.3 is 0 Å². The maximum atomic E-state index is 6.21. The fourth-order valence-corrected chi connectivity index (χ4v) is 5.41. The summed E-state index contributed by atoms with van der Waals surface area (Å²) in [4.78, 5) is 4.68. The number of allylic oxidation sites excluding steroid dienone is 2. The maximum Gasteiger partial charge on any atom is 0.119 e. The Morgan fingerprint density at radius 2 is 1.67 bits per heavy atom. The van der Waals surface area contributed by atoms with Crippen LogP contribution in [-0.4, -0.2) is 6.21 Å². The highest BCUT2D eigenvalue weighted by atomic mass is 35.5. The standard InChI is InChI=1S/C32H27ClN2O/c33-30-10-3-1-6-24(30)21-36-26-18-12-22(13-19-26)20-34-25-16-14-23(15-17-25)32-29-9-5-8-27(29)28-7-2-4-11-31(28)35-32/h1-8,10-20,27,29,32,35H,9,21H2/t27-,29-,32+/m1/s1. The Morgan fingerprint density at radius 3 is 2.50 bits per heavy atom. The summed E-state index contributed by atoms with van der Waals surface area (Å²) in [6.45, 7) is 0.443. The summed E-state index contributed by atoms with van der Waals surface area (Å²) in [6, 6.07) is 33.3. The number of anilines is 1. The molecule has 0 unspecified atom stereocenters. The number of aliphatic imine (C=N–C) groups is 1. The number of benzene rings is 4. The first-order valence-corrected chi connectivity index (χ1v) is 12.7.